The first kappa shape index (κ1) is 23.4. The van der Waals surface area contributed by atoms with E-state index in [1.54, 1.807) is 25.1 Å². The lowest BCUT2D eigenvalue weighted by atomic mass is 9.66. The molecule has 0 bridgehead atoms. The molecular weight excluding hydrogens is 449 g/mol. The second-order valence-electron chi connectivity index (χ2n) is 10.2. The van der Waals surface area contributed by atoms with E-state index in [-0.39, 0.29) is 29.8 Å². The summed E-state index contributed by atoms with van der Waals surface area (Å²) in [4.78, 5) is 35.4. The van der Waals surface area contributed by atoms with Gasteiger partial charge in [0.05, 0.1) is 22.5 Å². The molecule has 2 aliphatic rings. The smallest absolute Gasteiger partial charge is 0.328 e. The number of nitrogens with zero attached hydrogens (tertiary/aromatic N) is 3. The van der Waals surface area contributed by atoms with Gasteiger partial charge in [0.25, 0.3) is 0 Å². The molecule has 0 radical (unpaired) electrons. The predicted octanol–water partition coefficient (Wildman–Crippen LogP) is 3.58. The average Bonchev–Trinajstić information content (AvgIpc) is 3.30. The molecule has 0 aliphatic carbocycles. The molecule has 4 heterocycles. The van der Waals surface area contributed by atoms with Crippen molar-refractivity contribution in [2.24, 2.45) is 5.41 Å². The molecule has 2 fully saturated rings. The Morgan fingerprint density at radius 2 is 2.00 bits per heavy atom. The number of halogens is 1. The van der Waals surface area contributed by atoms with E-state index in [4.69, 9.17) is 0 Å². The number of amides is 3. The van der Waals surface area contributed by atoms with Gasteiger partial charge < -0.3 is 10.1 Å². The van der Waals surface area contributed by atoms with E-state index in [9.17, 15) is 14.7 Å². The number of imide groups is 1. The molecule has 3 amide bonds. The summed E-state index contributed by atoms with van der Waals surface area (Å²) in [6.45, 7) is 7.83. The van der Waals surface area contributed by atoms with Crippen LogP contribution >= 0.6 is 0 Å². The summed E-state index contributed by atoms with van der Waals surface area (Å²) in [6, 6.07) is 8.41. The zero-order valence-electron chi connectivity index (χ0n) is 20.2. The van der Waals surface area contributed by atoms with Crippen molar-refractivity contribution < 1.29 is 19.1 Å². The Hall–Kier alpha value is -3.30. The number of hydrogen-bond acceptors (Lipinski definition) is 5. The van der Waals surface area contributed by atoms with Crippen LogP contribution in [0.5, 0.6) is 0 Å². The molecule has 3 N–H and O–H groups in total. The van der Waals surface area contributed by atoms with Gasteiger partial charge in [0.1, 0.15) is 5.82 Å². The van der Waals surface area contributed by atoms with Gasteiger partial charge in [0.2, 0.25) is 5.91 Å². The Morgan fingerprint density at radius 1 is 1.20 bits per heavy atom. The number of benzene rings is 1. The first-order valence-electron chi connectivity index (χ1n) is 11.9. The Bertz CT molecular complexity index is 1310. The molecule has 2 aliphatic heterocycles. The maximum Gasteiger partial charge on any atom is 0.328 e. The van der Waals surface area contributed by atoms with Gasteiger partial charge in [-0.15, -0.1) is 0 Å². The molecule has 0 saturated carbocycles. The van der Waals surface area contributed by atoms with E-state index in [1.165, 1.54) is 4.90 Å². The van der Waals surface area contributed by atoms with Crippen molar-refractivity contribution in [3.63, 3.8) is 0 Å². The molecule has 5 rings (SSSR count). The maximum absolute atomic E-state index is 16.1. The van der Waals surface area contributed by atoms with Gasteiger partial charge in [-0.2, -0.15) is 0 Å². The van der Waals surface area contributed by atoms with Crippen molar-refractivity contribution in [3.05, 3.63) is 59.3 Å². The van der Waals surface area contributed by atoms with Crippen LogP contribution in [0.15, 0.2) is 36.5 Å². The summed E-state index contributed by atoms with van der Waals surface area (Å²) >= 11 is 0. The number of anilines is 1. The molecule has 35 heavy (non-hydrogen) atoms. The number of likely N-dealkylation sites (tertiary alicyclic amines) is 1. The highest BCUT2D eigenvalue weighted by Gasteiger charge is 2.50. The van der Waals surface area contributed by atoms with Gasteiger partial charge in [0.15, 0.2) is 0 Å². The lowest BCUT2D eigenvalue weighted by Gasteiger charge is -2.50. The molecule has 0 spiro atoms. The largest absolute Gasteiger partial charge is 0.384 e. The number of urea groups is 1. The van der Waals surface area contributed by atoms with Gasteiger partial charge in [-0.1, -0.05) is 19.9 Å². The van der Waals surface area contributed by atoms with Crippen molar-refractivity contribution in [1.29, 1.82) is 0 Å². The van der Waals surface area contributed by atoms with Gasteiger partial charge in [-0.25, -0.2) is 9.18 Å². The predicted molar refractivity (Wildman–Crippen MR) is 130 cm³/mol. The second-order valence-corrected chi connectivity index (χ2v) is 10.2. The zero-order chi connectivity index (χ0) is 25.0. The Kier molecular flexibility index (Phi) is 5.64. The zero-order valence-corrected chi connectivity index (χ0v) is 20.2. The minimum Gasteiger partial charge on any atom is -0.384 e. The average molecular weight is 480 g/mol. The van der Waals surface area contributed by atoms with Crippen molar-refractivity contribution in [2.45, 2.75) is 45.8 Å². The maximum atomic E-state index is 16.1. The summed E-state index contributed by atoms with van der Waals surface area (Å²) in [7, 11) is 0. The fourth-order valence-corrected chi connectivity index (χ4v) is 5.45. The first-order valence-corrected chi connectivity index (χ1v) is 11.9. The summed E-state index contributed by atoms with van der Waals surface area (Å²) in [5.41, 5.74) is 0.797. The normalized spacial score (nSPS) is 23.1. The number of H-pyrrole nitrogens is 1. The topological polar surface area (TPSA) is 102 Å². The second kappa shape index (κ2) is 8.42. The van der Waals surface area contributed by atoms with Gasteiger partial charge in [-0.3, -0.25) is 24.9 Å². The molecule has 9 heteroatoms. The Morgan fingerprint density at radius 3 is 2.69 bits per heavy atom. The van der Waals surface area contributed by atoms with Crippen molar-refractivity contribution in [3.8, 4) is 0 Å². The minimum atomic E-state index is -1.38. The van der Waals surface area contributed by atoms with Crippen molar-refractivity contribution in [1.82, 2.24) is 20.2 Å². The van der Waals surface area contributed by atoms with Crippen LogP contribution in [0.25, 0.3) is 10.9 Å². The lowest BCUT2D eigenvalue weighted by molar-refractivity contribution is -0.128. The molecule has 1 atom stereocenters. The van der Waals surface area contributed by atoms with Gasteiger partial charge in [0, 0.05) is 60.9 Å². The van der Waals surface area contributed by atoms with Crippen LogP contribution in [0.4, 0.5) is 14.9 Å². The highest BCUT2D eigenvalue weighted by molar-refractivity contribution is 6.06. The van der Waals surface area contributed by atoms with Crippen molar-refractivity contribution >= 4 is 28.5 Å². The van der Waals surface area contributed by atoms with Crippen LogP contribution in [0.1, 0.15) is 43.6 Å². The third-order valence-corrected chi connectivity index (χ3v) is 7.47. The number of aryl methyl sites for hydroxylation is 1. The number of pyridine rings is 1. The molecular formula is C26H30FN5O3. The summed E-state index contributed by atoms with van der Waals surface area (Å²) < 4.78 is 16.1. The fraction of sp³-hybridized carbons (Fsp3) is 0.423. The highest BCUT2D eigenvalue weighted by Crippen LogP contribution is 2.48. The molecule has 0 unspecified atom stereocenters. The van der Waals surface area contributed by atoms with E-state index < -0.39 is 22.9 Å². The highest BCUT2D eigenvalue weighted by atomic mass is 19.1. The van der Waals surface area contributed by atoms with E-state index in [2.05, 4.69) is 20.2 Å². The number of aromatic amines is 1. The van der Waals surface area contributed by atoms with Gasteiger partial charge in [-0.05, 0) is 37.6 Å². The minimum absolute atomic E-state index is 0.165. The monoisotopic (exact) mass is 479 g/mol. The number of aliphatic hydroxyl groups is 1. The number of fused-ring (bicyclic) bond motifs is 1. The number of carbonyl (C=O) groups excluding carboxylic acids is 2. The third-order valence-electron chi connectivity index (χ3n) is 7.47. The van der Waals surface area contributed by atoms with E-state index in [0.29, 0.717) is 36.4 Å². The van der Waals surface area contributed by atoms with Gasteiger partial charge >= 0.3 is 6.03 Å². The first-order chi connectivity index (χ1) is 16.6. The van der Waals surface area contributed by atoms with Crippen LogP contribution in [-0.4, -0.2) is 51.5 Å². The molecule has 1 aromatic carbocycles. The number of rotatable bonds is 4. The summed E-state index contributed by atoms with van der Waals surface area (Å²) in [5, 5.41) is 14.4. The van der Waals surface area contributed by atoms with Crippen LogP contribution in [0, 0.1) is 18.2 Å². The lowest BCUT2D eigenvalue weighted by Crippen LogP contribution is -2.55. The van der Waals surface area contributed by atoms with E-state index in [0.717, 1.165) is 12.2 Å². The van der Waals surface area contributed by atoms with Crippen molar-refractivity contribution in [2.75, 3.05) is 24.5 Å². The molecule has 3 aromatic rings. The number of piperidine rings is 1. The Labute approximate surface area is 203 Å². The standard InChI is InChI=1S/C26H30FN5O3/c1-16-21(32-11-8-22(33)30-24(32)34)13-18-20(29-16)7-6-19(23(18)27)26(35)9-12-31(15-25(26,2)3)14-17-5-4-10-28-17/h4-7,10,13,28,35H,8-9,11-12,14-15H2,1-3H3,(H,30,33,34)/t26-/m1/s1. The molecule has 2 saturated heterocycles. The number of carbonyl (C=O) groups is 2. The van der Waals surface area contributed by atoms with E-state index in [1.807, 2.05) is 32.2 Å². The molecule has 2 aromatic heterocycles. The quantitative estimate of drug-likeness (QED) is 0.531. The van der Waals surface area contributed by atoms with Crippen LogP contribution in [0.3, 0.4) is 0 Å². The SMILES string of the molecule is Cc1nc2ccc([C@]3(O)CCN(Cc4ccc[nH]4)CC3(C)C)c(F)c2cc1N1CCC(=O)NC1=O. The molecule has 8 nitrogen and oxygen atoms in total. The number of hydrogen-bond donors (Lipinski definition) is 3. The number of aromatic nitrogens is 2. The third kappa shape index (κ3) is 3.98. The van der Waals surface area contributed by atoms with Crippen LogP contribution < -0.4 is 10.2 Å². The van der Waals surface area contributed by atoms with Crippen LogP contribution in [0.2, 0.25) is 0 Å². The van der Waals surface area contributed by atoms with E-state index >= 15 is 4.39 Å². The molecule has 184 valence electrons. The fourth-order valence-electron chi connectivity index (χ4n) is 5.45. The summed E-state index contributed by atoms with van der Waals surface area (Å²) in [5.74, 6) is -0.865. The van der Waals surface area contributed by atoms with Crippen LogP contribution in [-0.2, 0) is 16.9 Å². The summed E-state index contributed by atoms with van der Waals surface area (Å²) in [6.07, 6.45) is 2.44. The number of nitrogens with one attached hydrogen (secondary N) is 2. The Balaban J connectivity index is 1.50.